The first-order valence-electron chi connectivity index (χ1n) is 18.7. The minimum Gasteiger partial charge on any atom is -0.455 e. The van der Waals surface area contributed by atoms with Crippen molar-refractivity contribution in [1.29, 1.82) is 0 Å². The fourth-order valence-corrected chi connectivity index (χ4v) is 8.89. The van der Waals surface area contributed by atoms with Crippen LogP contribution in [0, 0.1) is 0 Å². The Morgan fingerprint density at radius 2 is 1.04 bits per heavy atom. The molecule has 0 saturated heterocycles. The van der Waals surface area contributed by atoms with E-state index in [9.17, 15) is 0 Å². The monoisotopic (exact) mass is 692 g/mol. The van der Waals surface area contributed by atoms with Gasteiger partial charge in [0.1, 0.15) is 11.2 Å². The minimum absolute atomic E-state index is 0.184. The van der Waals surface area contributed by atoms with Crippen LogP contribution < -0.4 is 4.90 Å². The van der Waals surface area contributed by atoms with Crippen molar-refractivity contribution in [2.75, 3.05) is 4.90 Å². The molecule has 0 unspecified atom stereocenters. The van der Waals surface area contributed by atoms with Gasteiger partial charge < -0.3 is 13.9 Å². The first kappa shape index (κ1) is 30.8. The average Bonchev–Trinajstić information content (AvgIpc) is 3.77. The number of rotatable bonds is 5. The maximum absolute atomic E-state index is 6.82. The predicted molar refractivity (Wildman–Crippen MR) is 226 cm³/mol. The molecular weight excluding hydrogens is 657 g/mol. The van der Waals surface area contributed by atoms with Gasteiger partial charge in [-0.05, 0) is 100 Å². The Morgan fingerprint density at radius 3 is 1.78 bits per heavy atom. The van der Waals surface area contributed by atoms with E-state index in [4.69, 9.17) is 4.42 Å². The van der Waals surface area contributed by atoms with Crippen molar-refractivity contribution >= 4 is 60.8 Å². The van der Waals surface area contributed by atoms with E-state index in [1.165, 1.54) is 49.7 Å². The fourth-order valence-electron chi connectivity index (χ4n) is 8.89. The minimum atomic E-state index is -0.184. The smallest absolute Gasteiger partial charge is 0.145 e. The van der Waals surface area contributed by atoms with Crippen LogP contribution in [-0.2, 0) is 5.41 Å². The van der Waals surface area contributed by atoms with Gasteiger partial charge in [0.15, 0.2) is 0 Å². The van der Waals surface area contributed by atoms with E-state index in [1.54, 1.807) is 0 Å². The van der Waals surface area contributed by atoms with Gasteiger partial charge in [-0.15, -0.1) is 0 Å². The van der Waals surface area contributed by atoms with Crippen LogP contribution in [0.25, 0.3) is 71.7 Å². The summed E-state index contributed by atoms with van der Waals surface area (Å²) in [6.07, 6.45) is 0. The molecule has 10 aromatic rings. The molecule has 0 fully saturated rings. The molecule has 3 nitrogen and oxygen atoms in total. The van der Waals surface area contributed by atoms with Crippen molar-refractivity contribution in [2.45, 2.75) is 19.3 Å². The third-order valence-corrected chi connectivity index (χ3v) is 11.6. The van der Waals surface area contributed by atoms with E-state index in [1.807, 2.05) is 0 Å². The first-order chi connectivity index (χ1) is 26.5. The van der Waals surface area contributed by atoms with Crippen LogP contribution in [0.1, 0.15) is 25.0 Å². The van der Waals surface area contributed by atoms with E-state index in [0.29, 0.717) is 0 Å². The number of fused-ring (bicyclic) bond motifs is 9. The number of para-hydroxylation sites is 3. The molecule has 0 bridgehead atoms. The normalized spacial score (nSPS) is 13.1. The van der Waals surface area contributed by atoms with Crippen LogP contribution in [0.4, 0.5) is 17.1 Å². The quantitative estimate of drug-likeness (QED) is 0.179. The van der Waals surface area contributed by atoms with Gasteiger partial charge in [0.2, 0.25) is 0 Å². The Bertz CT molecular complexity index is 3040. The Labute approximate surface area is 314 Å². The lowest BCUT2D eigenvalue weighted by Gasteiger charge is -2.34. The van der Waals surface area contributed by atoms with Crippen molar-refractivity contribution < 1.29 is 4.42 Å². The molecule has 2 aromatic heterocycles. The molecule has 0 spiro atoms. The molecule has 1 aliphatic rings. The largest absolute Gasteiger partial charge is 0.455 e. The summed E-state index contributed by atoms with van der Waals surface area (Å²) in [5.41, 5.74) is 16.1. The molecule has 0 atom stereocenters. The van der Waals surface area contributed by atoms with Crippen LogP contribution >= 0.6 is 0 Å². The Balaban J connectivity index is 1.04. The molecule has 54 heavy (non-hydrogen) atoms. The van der Waals surface area contributed by atoms with Crippen LogP contribution in [0.15, 0.2) is 186 Å². The summed E-state index contributed by atoms with van der Waals surface area (Å²) < 4.78 is 9.28. The first-order valence-corrected chi connectivity index (χ1v) is 18.7. The number of anilines is 3. The van der Waals surface area contributed by atoms with E-state index in [0.717, 1.165) is 50.1 Å². The van der Waals surface area contributed by atoms with Gasteiger partial charge in [-0.25, -0.2) is 0 Å². The number of benzene rings is 8. The zero-order valence-electron chi connectivity index (χ0n) is 30.1. The summed E-state index contributed by atoms with van der Waals surface area (Å²) in [4.78, 5) is 2.32. The third kappa shape index (κ3) is 4.48. The highest BCUT2D eigenvalue weighted by molar-refractivity contribution is 6.25. The van der Waals surface area contributed by atoms with Crippen LogP contribution in [-0.4, -0.2) is 4.57 Å². The maximum atomic E-state index is 6.82. The van der Waals surface area contributed by atoms with Crippen molar-refractivity contribution in [2.24, 2.45) is 0 Å². The van der Waals surface area contributed by atoms with E-state index < -0.39 is 0 Å². The fraction of sp³-hybridized carbons (Fsp3) is 0.0588. The SMILES string of the molecule is CC1(C)c2ccccc2-n2c3ccccc3c3c4oc5ccc(-c6ccc(N(c7ccccc7)c7ccc(-c8ccccc8)cc7)cc6)cc5c4cc1c32. The van der Waals surface area contributed by atoms with E-state index in [2.05, 4.69) is 205 Å². The van der Waals surface area contributed by atoms with Crippen molar-refractivity contribution in [3.05, 3.63) is 193 Å². The van der Waals surface area contributed by atoms with Gasteiger partial charge in [0, 0.05) is 38.6 Å². The molecule has 3 heteroatoms. The molecule has 0 aliphatic carbocycles. The lowest BCUT2D eigenvalue weighted by atomic mass is 9.74. The molecule has 0 saturated carbocycles. The summed E-state index contributed by atoms with van der Waals surface area (Å²) >= 11 is 0. The topological polar surface area (TPSA) is 21.3 Å². The lowest BCUT2D eigenvalue weighted by Crippen LogP contribution is -2.26. The number of hydrogen-bond donors (Lipinski definition) is 0. The summed E-state index contributed by atoms with van der Waals surface area (Å²) in [7, 11) is 0. The van der Waals surface area contributed by atoms with Crippen molar-refractivity contribution in [3.8, 4) is 27.9 Å². The summed E-state index contributed by atoms with van der Waals surface area (Å²) in [5, 5.41) is 4.72. The highest BCUT2D eigenvalue weighted by Crippen LogP contribution is 2.51. The average molecular weight is 693 g/mol. The Hall–Kier alpha value is -6.84. The highest BCUT2D eigenvalue weighted by Gasteiger charge is 2.36. The lowest BCUT2D eigenvalue weighted by molar-refractivity contribution is 0.630. The second-order valence-corrected chi connectivity index (χ2v) is 15.0. The molecule has 1 aliphatic heterocycles. The third-order valence-electron chi connectivity index (χ3n) is 11.6. The molecule has 256 valence electrons. The standard InChI is InChI=1S/C51H36N2O/c1-51(2)43-18-10-12-20-46(43)53-45-19-11-9-17-40(45)48-49(53)44(51)32-42-41-31-36(25-30-47(41)54-50(42)48)35-23-28-39(29-24-35)52(37-15-7-4-8-16-37)38-26-21-34(22-27-38)33-13-5-3-6-14-33/h3-32H,1-2H3. The second-order valence-electron chi connectivity index (χ2n) is 15.0. The summed E-state index contributed by atoms with van der Waals surface area (Å²) in [5.74, 6) is 0. The van der Waals surface area contributed by atoms with E-state index in [-0.39, 0.29) is 5.41 Å². The van der Waals surface area contributed by atoms with Gasteiger partial charge in [-0.2, -0.15) is 0 Å². The highest BCUT2D eigenvalue weighted by atomic mass is 16.3. The Kier molecular flexibility index (Phi) is 6.60. The van der Waals surface area contributed by atoms with Gasteiger partial charge in [0.05, 0.1) is 22.1 Å². The van der Waals surface area contributed by atoms with Gasteiger partial charge >= 0.3 is 0 Å². The van der Waals surface area contributed by atoms with Crippen LogP contribution in [0.2, 0.25) is 0 Å². The maximum Gasteiger partial charge on any atom is 0.145 e. The number of furan rings is 1. The number of nitrogens with zero attached hydrogens (tertiary/aromatic N) is 2. The van der Waals surface area contributed by atoms with Crippen LogP contribution in [0.5, 0.6) is 0 Å². The molecule has 0 amide bonds. The van der Waals surface area contributed by atoms with Gasteiger partial charge in [0.25, 0.3) is 0 Å². The summed E-state index contributed by atoms with van der Waals surface area (Å²) in [6.45, 7) is 4.72. The number of aromatic nitrogens is 1. The summed E-state index contributed by atoms with van der Waals surface area (Å²) in [6, 6.07) is 65.6. The Morgan fingerprint density at radius 1 is 0.463 bits per heavy atom. The zero-order valence-corrected chi connectivity index (χ0v) is 30.1. The molecule has 0 N–H and O–H groups in total. The second kappa shape index (κ2) is 11.6. The van der Waals surface area contributed by atoms with Gasteiger partial charge in [-0.1, -0.05) is 129 Å². The molecular formula is C51H36N2O. The predicted octanol–water partition coefficient (Wildman–Crippen LogP) is 14.1. The van der Waals surface area contributed by atoms with Crippen molar-refractivity contribution in [3.63, 3.8) is 0 Å². The molecule has 11 rings (SSSR count). The molecule has 0 radical (unpaired) electrons. The van der Waals surface area contributed by atoms with Crippen molar-refractivity contribution in [1.82, 2.24) is 4.57 Å². The van der Waals surface area contributed by atoms with E-state index >= 15 is 0 Å². The zero-order chi connectivity index (χ0) is 36.0. The molecule has 8 aromatic carbocycles. The van der Waals surface area contributed by atoms with Gasteiger partial charge in [-0.3, -0.25) is 0 Å². The van der Waals surface area contributed by atoms with Crippen LogP contribution in [0.3, 0.4) is 0 Å². The number of hydrogen-bond acceptors (Lipinski definition) is 2. The molecule has 3 heterocycles.